The quantitative estimate of drug-likeness (QED) is 0.827. The summed E-state index contributed by atoms with van der Waals surface area (Å²) in [7, 11) is 1.61. The molecule has 0 aromatic heterocycles. The van der Waals surface area contributed by atoms with Gasteiger partial charge in [0.15, 0.2) is 6.61 Å². The van der Waals surface area contributed by atoms with Crippen molar-refractivity contribution in [2.45, 2.75) is 20.5 Å². The van der Waals surface area contributed by atoms with Crippen molar-refractivity contribution >= 4 is 17.6 Å². The first-order valence-electron chi connectivity index (χ1n) is 7.61. The number of anilines is 1. The Kier molecular flexibility index (Phi) is 6.09. The molecule has 1 N–H and O–H groups in total. The van der Waals surface area contributed by atoms with Crippen LogP contribution in [-0.4, -0.2) is 25.6 Å². The van der Waals surface area contributed by atoms with Crippen LogP contribution in [0.15, 0.2) is 42.5 Å². The minimum absolute atomic E-state index is 0.328. The van der Waals surface area contributed by atoms with E-state index in [-0.39, 0.29) is 12.5 Å². The van der Waals surface area contributed by atoms with Crippen LogP contribution in [0, 0.1) is 13.8 Å². The summed E-state index contributed by atoms with van der Waals surface area (Å²) in [6.07, 6.45) is 0. The van der Waals surface area contributed by atoms with E-state index < -0.39 is 5.97 Å². The second kappa shape index (κ2) is 8.26. The Labute approximate surface area is 141 Å². The number of esters is 1. The molecule has 2 aromatic carbocycles. The normalized spacial score (nSPS) is 10.3. The molecule has 0 aliphatic rings. The van der Waals surface area contributed by atoms with Gasteiger partial charge in [-0.15, -0.1) is 0 Å². The smallest absolute Gasteiger partial charge is 0.338 e. The third-order valence-electron chi connectivity index (χ3n) is 3.34. The topological polar surface area (TPSA) is 64.6 Å². The Hall–Kier alpha value is -2.66. The highest BCUT2D eigenvalue weighted by Gasteiger charge is 2.10. The summed E-state index contributed by atoms with van der Waals surface area (Å²) in [4.78, 5) is 23.9. The number of rotatable bonds is 6. The molecule has 0 spiro atoms. The molecule has 0 aliphatic heterocycles. The highest BCUT2D eigenvalue weighted by atomic mass is 16.5. The van der Waals surface area contributed by atoms with E-state index >= 15 is 0 Å². The molecule has 0 atom stereocenters. The molecule has 0 aliphatic carbocycles. The van der Waals surface area contributed by atoms with E-state index in [2.05, 4.69) is 5.32 Å². The first-order valence-corrected chi connectivity index (χ1v) is 7.61. The fourth-order valence-electron chi connectivity index (χ4n) is 2.36. The molecule has 2 rings (SSSR count). The van der Waals surface area contributed by atoms with Crippen molar-refractivity contribution in [3.63, 3.8) is 0 Å². The van der Waals surface area contributed by atoms with Crippen LogP contribution in [0.25, 0.3) is 0 Å². The Bertz CT molecular complexity index is 702. The van der Waals surface area contributed by atoms with E-state index in [4.69, 9.17) is 9.47 Å². The van der Waals surface area contributed by atoms with Gasteiger partial charge in [0.25, 0.3) is 5.91 Å². The van der Waals surface area contributed by atoms with Gasteiger partial charge in [0.2, 0.25) is 0 Å². The molecule has 0 saturated carbocycles. The van der Waals surface area contributed by atoms with Crippen molar-refractivity contribution in [3.8, 4) is 0 Å². The standard InChI is InChI=1S/C19H21NO4/c1-13-8-14(2)10-17(9-13)20-18(21)12-24-19(22)16-6-4-15(5-7-16)11-23-3/h4-10H,11-12H2,1-3H3,(H,20,21). The van der Waals surface area contributed by atoms with E-state index in [1.54, 1.807) is 31.4 Å². The van der Waals surface area contributed by atoms with E-state index in [1.807, 2.05) is 32.0 Å². The largest absolute Gasteiger partial charge is 0.452 e. The average molecular weight is 327 g/mol. The van der Waals surface area contributed by atoms with Gasteiger partial charge in [0.05, 0.1) is 12.2 Å². The van der Waals surface area contributed by atoms with Gasteiger partial charge in [0.1, 0.15) is 0 Å². The number of benzene rings is 2. The molecule has 5 nitrogen and oxygen atoms in total. The Morgan fingerprint density at radius 1 is 1.00 bits per heavy atom. The third kappa shape index (κ3) is 5.21. The number of carbonyl (C=O) groups is 2. The predicted octanol–water partition coefficient (Wildman–Crippen LogP) is 3.25. The highest BCUT2D eigenvalue weighted by molar-refractivity contribution is 5.95. The maximum absolute atomic E-state index is 11.9. The second-order valence-corrected chi connectivity index (χ2v) is 5.63. The molecule has 5 heteroatoms. The van der Waals surface area contributed by atoms with E-state index in [0.29, 0.717) is 17.9 Å². The Balaban J connectivity index is 1.87. The van der Waals surface area contributed by atoms with Crippen molar-refractivity contribution in [3.05, 3.63) is 64.7 Å². The molecular formula is C19H21NO4. The van der Waals surface area contributed by atoms with Gasteiger partial charge >= 0.3 is 5.97 Å². The summed E-state index contributed by atoms with van der Waals surface area (Å²) in [5.74, 6) is -0.904. The highest BCUT2D eigenvalue weighted by Crippen LogP contribution is 2.13. The first kappa shape index (κ1) is 17.7. The molecule has 0 unspecified atom stereocenters. The molecule has 24 heavy (non-hydrogen) atoms. The maximum Gasteiger partial charge on any atom is 0.338 e. The van der Waals surface area contributed by atoms with Crippen molar-refractivity contribution in [2.24, 2.45) is 0 Å². The zero-order valence-corrected chi connectivity index (χ0v) is 14.1. The van der Waals surface area contributed by atoms with Crippen LogP contribution in [-0.2, 0) is 20.9 Å². The molecule has 2 aromatic rings. The van der Waals surface area contributed by atoms with Crippen LogP contribution >= 0.6 is 0 Å². The fraction of sp³-hybridized carbons (Fsp3) is 0.263. The lowest BCUT2D eigenvalue weighted by atomic mass is 10.1. The van der Waals surface area contributed by atoms with E-state index in [0.717, 1.165) is 16.7 Å². The summed E-state index contributed by atoms with van der Waals surface area (Å²) in [5.41, 5.74) is 4.16. The zero-order valence-electron chi connectivity index (χ0n) is 14.1. The zero-order chi connectivity index (χ0) is 17.5. The van der Waals surface area contributed by atoms with Gasteiger partial charge in [-0.3, -0.25) is 4.79 Å². The van der Waals surface area contributed by atoms with Gasteiger partial charge in [-0.25, -0.2) is 4.79 Å². The van der Waals surface area contributed by atoms with Crippen LogP contribution in [0.1, 0.15) is 27.0 Å². The number of ether oxygens (including phenoxy) is 2. The predicted molar refractivity (Wildman–Crippen MR) is 92.0 cm³/mol. The van der Waals surface area contributed by atoms with Crippen LogP contribution in [0.3, 0.4) is 0 Å². The first-order chi connectivity index (χ1) is 11.5. The molecule has 0 radical (unpaired) electrons. The minimum atomic E-state index is -0.533. The minimum Gasteiger partial charge on any atom is -0.452 e. The van der Waals surface area contributed by atoms with Crippen LogP contribution < -0.4 is 5.32 Å². The molecule has 126 valence electrons. The van der Waals surface area contributed by atoms with Gasteiger partial charge < -0.3 is 14.8 Å². The molecule has 1 amide bonds. The number of amides is 1. The molecule has 0 heterocycles. The molecular weight excluding hydrogens is 306 g/mol. The van der Waals surface area contributed by atoms with E-state index in [9.17, 15) is 9.59 Å². The van der Waals surface area contributed by atoms with Crippen molar-refractivity contribution in [1.82, 2.24) is 0 Å². The molecule has 0 fully saturated rings. The third-order valence-corrected chi connectivity index (χ3v) is 3.34. The number of aryl methyl sites for hydroxylation is 2. The van der Waals surface area contributed by atoms with Gasteiger partial charge in [-0.1, -0.05) is 18.2 Å². The van der Waals surface area contributed by atoms with Crippen LogP contribution in [0.2, 0.25) is 0 Å². The lowest BCUT2D eigenvalue weighted by Crippen LogP contribution is -2.21. The molecule has 0 saturated heterocycles. The fourth-order valence-corrected chi connectivity index (χ4v) is 2.36. The Morgan fingerprint density at radius 2 is 1.62 bits per heavy atom. The average Bonchev–Trinajstić information content (AvgIpc) is 2.52. The van der Waals surface area contributed by atoms with Crippen molar-refractivity contribution in [2.75, 3.05) is 19.0 Å². The van der Waals surface area contributed by atoms with E-state index in [1.165, 1.54) is 0 Å². The SMILES string of the molecule is COCc1ccc(C(=O)OCC(=O)Nc2cc(C)cc(C)c2)cc1. The number of hydrogen-bond donors (Lipinski definition) is 1. The van der Waals surface area contributed by atoms with Gasteiger partial charge in [-0.05, 0) is 54.8 Å². The van der Waals surface area contributed by atoms with Gasteiger partial charge in [-0.2, -0.15) is 0 Å². The lowest BCUT2D eigenvalue weighted by Gasteiger charge is -2.08. The summed E-state index contributed by atoms with van der Waals surface area (Å²) >= 11 is 0. The summed E-state index contributed by atoms with van der Waals surface area (Å²) in [6, 6.07) is 12.6. The van der Waals surface area contributed by atoms with Gasteiger partial charge in [0, 0.05) is 12.8 Å². The van der Waals surface area contributed by atoms with Crippen molar-refractivity contribution < 1.29 is 19.1 Å². The lowest BCUT2D eigenvalue weighted by molar-refractivity contribution is -0.119. The second-order valence-electron chi connectivity index (χ2n) is 5.63. The summed E-state index contributed by atoms with van der Waals surface area (Å²) < 4.78 is 10.1. The number of nitrogens with one attached hydrogen (secondary N) is 1. The number of hydrogen-bond acceptors (Lipinski definition) is 4. The summed E-state index contributed by atoms with van der Waals surface area (Å²) in [6.45, 7) is 4.06. The monoisotopic (exact) mass is 327 g/mol. The van der Waals surface area contributed by atoms with Crippen LogP contribution in [0.4, 0.5) is 5.69 Å². The number of methoxy groups -OCH3 is 1. The number of carbonyl (C=O) groups excluding carboxylic acids is 2. The maximum atomic E-state index is 11.9. The molecule has 0 bridgehead atoms. The summed E-state index contributed by atoms with van der Waals surface area (Å²) in [5, 5.41) is 2.72. The van der Waals surface area contributed by atoms with Crippen LogP contribution in [0.5, 0.6) is 0 Å². The Morgan fingerprint density at radius 3 is 2.21 bits per heavy atom. The van der Waals surface area contributed by atoms with Crippen molar-refractivity contribution in [1.29, 1.82) is 0 Å².